The number of hydrogen-bond acceptors (Lipinski definition) is 4. The van der Waals surface area contributed by atoms with Crippen molar-refractivity contribution in [1.82, 2.24) is 14.1 Å². The fourth-order valence-corrected chi connectivity index (χ4v) is 4.31. The van der Waals surface area contributed by atoms with E-state index in [-0.39, 0.29) is 18.0 Å². The smallest absolute Gasteiger partial charge is 0.247 e. The van der Waals surface area contributed by atoms with Crippen molar-refractivity contribution in [3.05, 3.63) is 47.3 Å². The van der Waals surface area contributed by atoms with Crippen molar-refractivity contribution in [2.45, 2.75) is 25.3 Å². The third-order valence-electron chi connectivity index (χ3n) is 3.62. The Balaban J connectivity index is 2.42. The van der Waals surface area contributed by atoms with Crippen LogP contribution in [0.5, 0.6) is 0 Å². The van der Waals surface area contributed by atoms with E-state index in [4.69, 9.17) is 5.73 Å². The van der Waals surface area contributed by atoms with Crippen molar-refractivity contribution in [2.24, 2.45) is 12.8 Å². The first-order chi connectivity index (χ1) is 10.4. The molecule has 1 aromatic carbocycles. The standard InChI is InChI=1S/C15H22N4O2S/c1-12-15(13(2)18(3)17-12)22(20,21)19(10-9-16)11-14-7-5-4-6-8-14/h4-8H,9-11,16H2,1-3H3. The Kier molecular flexibility index (Phi) is 5.00. The second-order valence-electron chi connectivity index (χ2n) is 5.24. The molecule has 0 saturated heterocycles. The maximum atomic E-state index is 13.0. The average molecular weight is 322 g/mol. The predicted molar refractivity (Wildman–Crippen MR) is 85.8 cm³/mol. The molecule has 22 heavy (non-hydrogen) atoms. The van der Waals surface area contributed by atoms with E-state index < -0.39 is 10.0 Å². The second kappa shape index (κ2) is 6.60. The molecule has 2 aromatic rings. The first-order valence-corrected chi connectivity index (χ1v) is 8.56. The minimum atomic E-state index is -3.63. The van der Waals surface area contributed by atoms with Crippen LogP contribution in [0.3, 0.4) is 0 Å². The van der Waals surface area contributed by atoms with Gasteiger partial charge in [0.2, 0.25) is 10.0 Å². The van der Waals surface area contributed by atoms with Crippen LogP contribution in [-0.2, 0) is 23.6 Å². The van der Waals surface area contributed by atoms with Gasteiger partial charge in [0, 0.05) is 26.7 Å². The van der Waals surface area contributed by atoms with Crippen LogP contribution in [0.15, 0.2) is 35.2 Å². The van der Waals surface area contributed by atoms with Gasteiger partial charge in [-0.05, 0) is 19.4 Å². The van der Waals surface area contributed by atoms with E-state index in [2.05, 4.69) is 5.10 Å². The summed E-state index contributed by atoms with van der Waals surface area (Å²) in [5.74, 6) is 0. The molecular formula is C15H22N4O2S. The van der Waals surface area contributed by atoms with Gasteiger partial charge in [-0.25, -0.2) is 8.42 Å². The van der Waals surface area contributed by atoms with Gasteiger partial charge in [-0.15, -0.1) is 0 Å². The highest BCUT2D eigenvalue weighted by Crippen LogP contribution is 2.24. The SMILES string of the molecule is Cc1nn(C)c(C)c1S(=O)(=O)N(CCN)Cc1ccccc1. The minimum absolute atomic E-state index is 0.268. The van der Waals surface area contributed by atoms with E-state index in [0.717, 1.165) is 5.56 Å². The monoisotopic (exact) mass is 322 g/mol. The Labute approximate surface area is 131 Å². The molecule has 120 valence electrons. The highest BCUT2D eigenvalue weighted by atomic mass is 32.2. The van der Waals surface area contributed by atoms with Gasteiger partial charge in [-0.2, -0.15) is 9.40 Å². The number of aryl methyl sites for hydroxylation is 2. The molecule has 0 spiro atoms. The quantitative estimate of drug-likeness (QED) is 0.866. The van der Waals surface area contributed by atoms with E-state index in [1.807, 2.05) is 30.3 Å². The van der Waals surface area contributed by atoms with Crippen LogP contribution < -0.4 is 5.73 Å². The van der Waals surface area contributed by atoms with Crippen LogP contribution >= 0.6 is 0 Å². The van der Waals surface area contributed by atoms with Gasteiger partial charge < -0.3 is 5.73 Å². The molecule has 0 radical (unpaired) electrons. The lowest BCUT2D eigenvalue weighted by atomic mass is 10.2. The van der Waals surface area contributed by atoms with Gasteiger partial charge in [0.1, 0.15) is 4.90 Å². The van der Waals surface area contributed by atoms with Crippen molar-refractivity contribution < 1.29 is 8.42 Å². The van der Waals surface area contributed by atoms with Crippen molar-refractivity contribution in [3.8, 4) is 0 Å². The molecule has 0 atom stereocenters. The molecule has 2 rings (SSSR count). The summed E-state index contributed by atoms with van der Waals surface area (Å²) < 4.78 is 29.0. The lowest BCUT2D eigenvalue weighted by Gasteiger charge is -2.22. The largest absolute Gasteiger partial charge is 0.329 e. The maximum absolute atomic E-state index is 13.0. The van der Waals surface area contributed by atoms with E-state index in [1.54, 1.807) is 25.6 Å². The molecule has 1 heterocycles. The minimum Gasteiger partial charge on any atom is -0.329 e. The molecule has 2 N–H and O–H groups in total. The number of nitrogens with zero attached hydrogens (tertiary/aromatic N) is 3. The van der Waals surface area contributed by atoms with Gasteiger partial charge in [-0.3, -0.25) is 4.68 Å². The number of sulfonamides is 1. The Morgan fingerprint density at radius 3 is 2.36 bits per heavy atom. The van der Waals surface area contributed by atoms with Gasteiger partial charge in [0.05, 0.1) is 11.4 Å². The van der Waals surface area contributed by atoms with Crippen LogP contribution in [0.1, 0.15) is 17.0 Å². The third kappa shape index (κ3) is 3.21. The van der Waals surface area contributed by atoms with Crippen LogP contribution in [0.4, 0.5) is 0 Å². The van der Waals surface area contributed by atoms with Gasteiger partial charge in [0.25, 0.3) is 0 Å². The van der Waals surface area contributed by atoms with Crippen LogP contribution in [0, 0.1) is 13.8 Å². The van der Waals surface area contributed by atoms with E-state index in [9.17, 15) is 8.42 Å². The molecular weight excluding hydrogens is 300 g/mol. The normalized spacial score (nSPS) is 12.0. The summed E-state index contributed by atoms with van der Waals surface area (Å²) >= 11 is 0. The number of aromatic nitrogens is 2. The Morgan fingerprint density at radius 1 is 1.23 bits per heavy atom. The summed E-state index contributed by atoms with van der Waals surface area (Å²) in [7, 11) is -1.89. The van der Waals surface area contributed by atoms with Crippen LogP contribution in [-0.4, -0.2) is 35.6 Å². The van der Waals surface area contributed by atoms with Gasteiger partial charge >= 0.3 is 0 Å². The summed E-state index contributed by atoms with van der Waals surface area (Å²) in [6.07, 6.45) is 0. The molecule has 0 amide bonds. The average Bonchev–Trinajstić information content (AvgIpc) is 2.73. The molecule has 0 aliphatic heterocycles. The molecule has 1 aromatic heterocycles. The predicted octanol–water partition coefficient (Wildman–Crippen LogP) is 1.19. The molecule has 0 unspecified atom stereocenters. The molecule has 0 aliphatic rings. The van der Waals surface area contributed by atoms with Crippen LogP contribution in [0.25, 0.3) is 0 Å². The number of nitrogens with two attached hydrogens (primary N) is 1. The molecule has 0 saturated carbocycles. The fraction of sp³-hybridized carbons (Fsp3) is 0.400. The maximum Gasteiger partial charge on any atom is 0.247 e. The topological polar surface area (TPSA) is 81.2 Å². The zero-order chi connectivity index (χ0) is 16.3. The zero-order valence-corrected chi connectivity index (χ0v) is 14.0. The van der Waals surface area contributed by atoms with Crippen molar-refractivity contribution >= 4 is 10.0 Å². The third-order valence-corrected chi connectivity index (χ3v) is 5.72. The molecule has 0 bridgehead atoms. The summed E-state index contributed by atoms with van der Waals surface area (Å²) in [6, 6.07) is 9.50. The summed E-state index contributed by atoms with van der Waals surface area (Å²) in [6.45, 7) is 4.31. The van der Waals surface area contributed by atoms with Gasteiger partial charge in [0.15, 0.2) is 0 Å². The van der Waals surface area contributed by atoms with E-state index in [1.165, 1.54) is 4.31 Å². The van der Waals surface area contributed by atoms with E-state index in [0.29, 0.717) is 17.9 Å². The number of benzene rings is 1. The number of rotatable bonds is 6. The Morgan fingerprint density at radius 2 is 1.86 bits per heavy atom. The van der Waals surface area contributed by atoms with E-state index >= 15 is 0 Å². The highest BCUT2D eigenvalue weighted by molar-refractivity contribution is 7.89. The second-order valence-corrected chi connectivity index (χ2v) is 7.11. The Bertz CT molecular complexity index is 738. The highest BCUT2D eigenvalue weighted by Gasteiger charge is 2.30. The molecule has 7 heteroatoms. The molecule has 6 nitrogen and oxygen atoms in total. The molecule has 0 fully saturated rings. The summed E-state index contributed by atoms with van der Waals surface area (Å²) in [5, 5.41) is 4.21. The zero-order valence-electron chi connectivity index (χ0n) is 13.2. The summed E-state index contributed by atoms with van der Waals surface area (Å²) in [5.41, 5.74) is 7.68. The molecule has 0 aliphatic carbocycles. The fourth-order valence-electron chi connectivity index (χ4n) is 2.47. The first kappa shape index (κ1) is 16.7. The number of hydrogen-bond donors (Lipinski definition) is 1. The first-order valence-electron chi connectivity index (χ1n) is 7.12. The van der Waals surface area contributed by atoms with Crippen LogP contribution in [0.2, 0.25) is 0 Å². The van der Waals surface area contributed by atoms with Crippen molar-refractivity contribution in [3.63, 3.8) is 0 Å². The van der Waals surface area contributed by atoms with Crippen molar-refractivity contribution in [2.75, 3.05) is 13.1 Å². The summed E-state index contributed by atoms with van der Waals surface area (Å²) in [4.78, 5) is 0.277. The van der Waals surface area contributed by atoms with Gasteiger partial charge in [-0.1, -0.05) is 30.3 Å². The lowest BCUT2D eigenvalue weighted by Crippen LogP contribution is -2.35. The Hall–Kier alpha value is -1.70. The van der Waals surface area contributed by atoms with Crippen molar-refractivity contribution in [1.29, 1.82) is 0 Å². The lowest BCUT2D eigenvalue weighted by molar-refractivity contribution is 0.413.